The maximum absolute atomic E-state index is 12.9. The van der Waals surface area contributed by atoms with Crippen LogP contribution in [0.3, 0.4) is 0 Å². The molecule has 2 N–H and O–H groups in total. The third-order valence-corrected chi connectivity index (χ3v) is 6.85. The molecule has 1 saturated heterocycles. The second-order valence-electron chi connectivity index (χ2n) is 9.47. The fourth-order valence-electron chi connectivity index (χ4n) is 4.88. The Kier molecular flexibility index (Phi) is 6.45. The molecule has 0 radical (unpaired) electrons. The van der Waals surface area contributed by atoms with Gasteiger partial charge in [0.15, 0.2) is 11.5 Å². The van der Waals surface area contributed by atoms with Gasteiger partial charge in [-0.25, -0.2) is 0 Å². The number of benzene rings is 3. The lowest BCUT2D eigenvalue weighted by atomic mass is 9.97. The van der Waals surface area contributed by atoms with Crippen LogP contribution < -0.4 is 20.1 Å². The van der Waals surface area contributed by atoms with Gasteiger partial charge < -0.3 is 20.1 Å². The number of carbonyl (C=O) groups excluding carboxylic acids is 2. The molecular formula is C29H30N2O4. The lowest BCUT2D eigenvalue weighted by Crippen LogP contribution is -2.24. The van der Waals surface area contributed by atoms with Crippen LogP contribution in [0.15, 0.2) is 66.7 Å². The van der Waals surface area contributed by atoms with Gasteiger partial charge in [0.1, 0.15) is 5.75 Å². The molecular weight excluding hydrogens is 440 g/mol. The number of amides is 2. The third kappa shape index (κ3) is 5.16. The van der Waals surface area contributed by atoms with E-state index < -0.39 is 5.91 Å². The first-order valence-corrected chi connectivity index (χ1v) is 12.2. The first-order chi connectivity index (χ1) is 17.0. The topological polar surface area (TPSA) is 81.9 Å². The van der Waals surface area contributed by atoms with Crippen LogP contribution in [0.25, 0.3) is 0 Å². The van der Waals surface area contributed by atoms with Gasteiger partial charge in [-0.1, -0.05) is 29.8 Å². The number of hydrogen-bond acceptors (Lipinski definition) is 4. The fraction of sp³-hybridized carbons (Fsp3) is 0.310. The number of aryl methyl sites for hydroxylation is 1. The molecule has 1 heterocycles. The molecule has 0 spiro atoms. The normalized spacial score (nSPS) is 18.1. The van der Waals surface area contributed by atoms with E-state index in [9.17, 15) is 9.59 Å². The Morgan fingerprint density at radius 1 is 0.971 bits per heavy atom. The largest absolute Gasteiger partial charge is 0.487 e. The van der Waals surface area contributed by atoms with Gasteiger partial charge in [0.25, 0.3) is 0 Å². The van der Waals surface area contributed by atoms with E-state index in [-0.39, 0.29) is 17.9 Å². The average Bonchev–Trinajstić information content (AvgIpc) is 3.51. The molecule has 1 atom stereocenters. The Morgan fingerprint density at radius 3 is 2.49 bits per heavy atom. The predicted molar refractivity (Wildman–Crippen MR) is 135 cm³/mol. The van der Waals surface area contributed by atoms with Gasteiger partial charge in [-0.15, -0.1) is 0 Å². The van der Waals surface area contributed by atoms with E-state index >= 15 is 0 Å². The van der Waals surface area contributed by atoms with Crippen molar-refractivity contribution >= 4 is 17.5 Å². The minimum absolute atomic E-state index is 0.0130. The SMILES string of the molecule is Cc1ccc(Oc2ccc([C@H]3CC(=O)N(c4cccc(C(N)=O)c4)C3)cc2OC2CCCC2)cc1. The number of ether oxygens (including phenoxy) is 2. The lowest BCUT2D eigenvalue weighted by molar-refractivity contribution is -0.117. The molecule has 5 rings (SSSR count). The standard InChI is InChI=1S/C29H30N2O4/c1-19-9-12-25(13-10-19)34-26-14-11-20(16-27(26)35-24-7-2-3-8-24)22-17-28(32)31(18-22)23-6-4-5-21(15-23)29(30)33/h4-6,9-16,22,24H,2-3,7-8,17-18H2,1H3,(H2,30,33)/t22-/m0/s1. The molecule has 180 valence electrons. The van der Waals surface area contributed by atoms with E-state index in [4.69, 9.17) is 15.2 Å². The lowest BCUT2D eigenvalue weighted by Gasteiger charge is -2.20. The predicted octanol–water partition coefficient (Wildman–Crippen LogP) is 5.73. The van der Waals surface area contributed by atoms with Gasteiger partial charge in [-0.3, -0.25) is 9.59 Å². The maximum Gasteiger partial charge on any atom is 0.248 e. The third-order valence-electron chi connectivity index (χ3n) is 6.85. The van der Waals surface area contributed by atoms with Gasteiger partial charge in [0, 0.05) is 30.1 Å². The van der Waals surface area contributed by atoms with Crippen LogP contribution in [-0.4, -0.2) is 24.5 Å². The van der Waals surface area contributed by atoms with E-state index in [0.717, 1.165) is 29.9 Å². The summed E-state index contributed by atoms with van der Waals surface area (Å²) in [5, 5.41) is 0. The maximum atomic E-state index is 12.9. The number of hydrogen-bond donors (Lipinski definition) is 1. The zero-order valence-corrected chi connectivity index (χ0v) is 19.9. The van der Waals surface area contributed by atoms with Crippen molar-refractivity contribution in [1.29, 1.82) is 0 Å². The molecule has 1 aliphatic carbocycles. The monoisotopic (exact) mass is 470 g/mol. The Hall–Kier alpha value is -3.80. The Morgan fingerprint density at radius 2 is 1.74 bits per heavy atom. The summed E-state index contributed by atoms with van der Waals surface area (Å²) in [6.07, 6.45) is 5.01. The first-order valence-electron chi connectivity index (χ1n) is 12.2. The van der Waals surface area contributed by atoms with E-state index in [0.29, 0.717) is 30.0 Å². The average molecular weight is 471 g/mol. The highest BCUT2D eigenvalue weighted by Gasteiger charge is 2.32. The second kappa shape index (κ2) is 9.82. The van der Waals surface area contributed by atoms with E-state index in [1.165, 1.54) is 18.4 Å². The summed E-state index contributed by atoms with van der Waals surface area (Å²) in [6, 6.07) is 20.9. The van der Waals surface area contributed by atoms with Crippen molar-refractivity contribution in [2.45, 2.75) is 51.0 Å². The van der Waals surface area contributed by atoms with E-state index in [2.05, 4.69) is 0 Å². The van der Waals surface area contributed by atoms with Crippen LogP contribution >= 0.6 is 0 Å². The highest BCUT2D eigenvalue weighted by Crippen LogP contribution is 2.40. The molecule has 6 nitrogen and oxygen atoms in total. The molecule has 0 bridgehead atoms. The van der Waals surface area contributed by atoms with Gasteiger partial charge in [0.05, 0.1) is 6.10 Å². The quantitative estimate of drug-likeness (QED) is 0.478. The molecule has 0 aromatic heterocycles. The van der Waals surface area contributed by atoms with Crippen molar-refractivity contribution in [2.24, 2.45) is 5.73 Å². The Balaban J connectivity index is 1.40. The highest BCUT2D eigenvalue weighted by atomic mass is 16.5. The molecule has 2 aliphatic rings. The zero-order valence-electron chi connectivity index (χ0n) is 19.9. The van der Waals surface area contributed by atoms with Crippen LogP contribution in [0.2, 0.25) is 0 Å². The minimum Gasteiger partial charge on any atom is -0.487 e. The summed E-state index contributed by atoms with van der Waals surface area (Å²) < 4.78 is 12.6. The first kappa shape index (κ1) is 23.0. The second-order valence-corrected chi connectivity index (χ2v) is 9.47. The summed E-state index contributed by atoms with van der Waals surface area (Å²) in [6.45, 7) is 2.58. The number of carbonyl (C=O) groups is 2. The molecule has 3 aromatic carbocycles. The molecule has 3 aromatic rings. The Labute approximate surface area is 205 Å². The van der Waals surface area contributed by atoms with Crippen molar-refractivity contribution < 1.29 is 19.1 Å². The van der Waals surface area contributed by atoms with E-state index in [1.54, 1.807) is 23.1 Å². The van der Waals surface area contributed by atoms with Crippen molar-refractivity contribution in [1.82, 2.24) is 0 Å². The van der Waals surface area contributed by atoms with Gasteiger partial charge >= 0.3 is 0 Å². The molecule has 6 heteroatoms. The van der Waals surface area contributed by atoms with Crippen molar-refractivity contribution in [3.8, 4) is 17.2 Å². The Bertz CT molecular complexity index is 1230. The number of anilines is 1. The summed E-state index contributed by atoms with van der Waals surface area (Å²) in [7, 11) is 0. The molecule has 1 aliphatic heterocycles. The molecule has 1 saturated carbocycles. The highest BCUT2D eigenvalue weighted by molar-refractivity contribution is 5.99. The summed E-state index contributed by atoms with van der Waals surface area (Å²) >= 11 is 0. The van der Waals surface area contributed by atoms with Crippen molar-refractivity contribution in [3.63, 3.8) is 0 Å². The number of primary amides is 1. The van der Waals surface area contributed by atoms with Gasteiger partial charge in [-0.2, -0.15) is 0 Å². The van der Waals surface area contributed by atoms with Gasteiger partial charge in [0.2, 0.25) is 11.8 Å². The molecule has 35 heavy (non-hydrogen) atoms. The fourth-order valence-corrected chi connectivity index (χ4v) is 4.88. The molecule has 2 amide bonds. The number of nitrogens with two attached hydrogens (primary N) is 1. The van der Waals surface area contributed by atoms with Crippen LogP contribution in [0, 0.1) is 6.92 Å². The molecule has 2 fully saturated rings. The number of nitrogens with zero attached hydrogens (tertiary/aromatic N) is 1. The van der Waals surface area contributed by atoms with Crippen LogP contribution in [0.1, 0.15) is 59.5 Å². The number of rotatable bonds is 7. The van der Waals surface area contributed by atoms with Crippen molar-refractivity contribution in [3.05, 3.63) is 83.4 Å². The summed E-state index contributed by atoms with van der Waals surface area (Å²) in [5.41, 5.74) is 8.72. The van der Waals surface area contributed by atoms with E-state index in [1.807, 2.05) is 55.5 Å². The van der Waals surface area contributed by atoms with Crippen molar-refractivity contribution in [2.75, 3.05) is 11.4 Å². The summed E-state index contributed by atoms with van der Waals surface area (Å²) in [4.78, 5) is 26.2. The van der Waals surface area contributed by atoms with Crippen LogP contribution in [-0.2, 0) is 4.79 Å². The minimum atomic E-state index is -0.507. The molecule has 0 unspecified atom stereocenters. The zero-order chi connectivity index (χ0) is 24.4. The smallest absolute Gasteiger partial charge is 0.248 e. The van der Waals surface area contributed by atoms with Crippen LogP contribution in [0.5, 0.6) is 17.2 Å². The van der Waals surface area contributed by atoms with Gasteiger partial charge in [-0.05, 0) is 80.6 Å². The van der Waals surface area contributed by atoms with Crippen LogP contribution in [0.4, 0.5) is 5.69 Å². The summed E-state index contributed by atoms with van der Waals surface area (Å²) in [5.74, 6) is 1.69.